The summed E-state index contributed by atoms with van der Waals surface area (Å²) in [5.41, 5.74) is 3.38. The van der Waals surface area contributed by atoms with Crippen molar-refractivity contribution in [3.8, 4) is 5.75 Å². The van der Waals surface area contributed by atoms with Crippen molar-refractivity contribution in [1.29, 1.82) is 0 Å². The molecule has 4 rings (SSSR count). The lowest BCUT2D eigenvalue weighted by molar-refractivity contribution is 0.169. The second-order valence-electron chi connectivity index (χ2n) is 6.71. The number of hydrogen-bond acceptors (Lipinski definition) is 5. The van der Waals surface area contributed by atoms with Crippen LogP contribution in [0.1, 0.15) is 24.0 Å². The second kappa shape index (κ2) is 6.35. The molecule has 0 saturated carbocycles. The molecule has 0 spiro atoms. The Labute approximate surface area is 147 Å². The third-order valence-corrected chi connectivity index (χ3v) is 5.10. The molecule has 0 aliphatic carbocycles. The first-order chi connectivity index (χ1) is 12.1. The Kier molecular flexibility index (Phi) is 4.03. The molecule has 0 bridgehead atoms. The monoisotopic (exact) mass is 337 g/mol. The van der Waals surface area contributed by atoms with Crippen LogP contribution in [0.2, 0.25) is 0 Å². The van der Waals surface area contributed by atoms with Gasteiger partial charge in [-0.05, 0) is 31.0 Å². The average molecular weight is 337 g/mol. The normalized spacial score (nSPS) is 15.7. The molecule has 3 aromatic rings. The highest BCUT2D eigenvalue weighted by molar-refractivity contribution is 5.86. The summed E-state index contributed by atoms with van der Waals surface area (Å²) in [4.78, 5) is 11.1. The van der Waals surface area contributed by atoms with Gasteiger partial charge < -0.3 is 9.64 Å². The maximum atomic E-state index is 6.27. The van der Waals surface area contributed by atoms with Gasteiger partial charge in [-0.15, -0.1) is 0 Å². The fourth-order valence-electron chi connectivity index (χ4n) is 3.42. The standard InChI is InChI=1S/C19H23N5O/c1-13-5-4-6-17(14(13)2)25-15-7-9-24(10-8-15)19-16-11-22-23(3)18(16)20-12-21-19/h4-6,11-12,15H,7-10H2,1-3H3. The fraction of sp³-hybridized carbons (Fsp3) is 0.421. The molecule has 1 saturated heterocycles. The van der Waals surface area contributed by atoms with E-state index in [0.717, 1.165) is 48.5 Å². The molecule has 1 aliphatic heterocycles. The summed E-state index contributed by atoms with van der Waals surface area (Å²) >= 11 is 0. The van der Waals surface area contributed by atoms with Gasteiger partial charge in [-0.1, -0.05) is 12.1 Å². The van der Waals surface area contributed by atoms with E-state index in [0.29, 0.717) is 0 Å². The largest absolute Gasteiger partial charge is 0.490 e. The van der Waals surface area contributed by atoms with E-state index in [-0.39, 0.29) is 6.10 Å². The lowest BCUT2D eigenvalue weighted by atomic mass is 10.1. The zero-order valence-electron chi connectivity index (χ0n) is 14.9. The summed E-state index contributed by atoms with van der Waals surface area (Å²) in [5.74, 6) is 1.98. The number of rotatable bonds is 3. The summed E-state index contributed by atoms with van der Waals surface area (Å²) in [5, 5.41) is 5.32. The van der Waals surface area contributed by atoms with Crippen LogP contribution in [0.15, 0.2) is 30.7 Å². The number of aryl methyl sites for hydroxylation is 2. The van der Waals surface area contributed by atoms with Crippen LogP contribution in [0.5, 0.6) is 5.75 Å². The molecule has 25 heavy (non-hydrogen) atoms. The van der Waals surface area contributed by atoms with E-state index < -0.39 is 0 Å². The number of benzene rings is 1. The lowest BCUT2D eigenvalue weighted by Crippen LogP contribution is -2.38. The molecule has 0 N–H and O–H groups in total. The Balaban J connectivity index is 1.47. The summed E-state index contributed by atoms with van der Waals surface area (Å²) in [7, 11) is 1.91. The van der Waals surface area contributed by atoms with Crippen LogP contribution >= 0.6 is 0 Å². The van der Waals surface area contributed by atoms with Crippen molar-refractivity contribution < 1.29 is 4.74 Å². The van der Waals surface area contributed by atoms with Gasteiger partial charge in [-0.3, -0.25) is 4.68 Å². The molecule has 1 aromatic carbocycles. The van der Waals surface area contributed by atoms with Gasteiger partial charge in [0, 0.05) is 33.0 Å². The SMILES string of the molecule is Cc1cccc(OC2CCN(c3ncnc4c3cnn4C)CC2)c1C. The zero-order chi connectivity index (χ0) is 17.4. The van der Waals surface area contributed by atoms with Crippen LogP contribution in [0.3, 0.4) is 0 Å². The highest BCUT2D eigenvalue weighted by Crippen LogP contribution is 2.28. The molecule has 0 atom stereocenters. The predicted octanol–water partition coefficient (Wildman–Crippen LogP) is 3.03. The third-order valence-electron chi connectivity index (χ3n) is 5.10. The quantitative estimate of drug-likeness (QED) is 0.735. The Morgan fingerprint density at radius 2 is 1.92 bits per heavy atom. The average Bonchev–Trinajstić information content (AvgIpc) is 3.01. The van der Waals surface area contributed by atoms with Crippen LogP contribution in [0.4, 0.5) is 5.82 Å². The Hall–Kier alpha value is -2.63. The lowest BCUT2D eigenvalue weighted by Gasteiger charge is -2.33. The minimum absolute atomic E-state index is 0.253. The number of fused-ring (bicyclic) bond motifs is 1. The number of nitrogens with zero attached hydrogens (tertiary/aromatic N) is 5. The number of ether oxygens (including phenoxy) is 1. The van der Waals surface area contributed by atoms with E-state index >= 15 is 0 Å². The van der Waals surface area contributed by atoms with Crippen LogP contribution in [-0.4, -0.2) is 38.9 Å². The van der Waals surface area contributed by atoms with Crippen molar-refractivity contribution in [2.75, 3.05) is 18.0 Å². The highest BCUT2D eigenvalue weighted by Gasteiger charge is 2.24. The molecule has 1 aliphatic rings. The molecule has 1 fully saturated rings. The Morgan fingerprint density at radius 3 is 2.72 bits per heavy atom. The molecular formula is C19H23N5O. The van der Waals surface area contributed by atoms with Crippen molar-refractivity contribution in [3.63, 3.8) is 0 Å². The second-order valence-corrected chi connectivity index (χ2v) is 6.71. The number of hydrogen-bond donors (Lipinski definition) is 0. The number of anilines is 1. The van der Waals surface area contributed by atoms with Crippen LogP contribution in [0.25, 0.3) is 11.0 Å². The van der Waals surface area contributed by atoms with E-state index in [4.69, 9.17) is 4.74 Å². The summed E-state index contributed by atoms with van der Waals surface area (Å²) < 4.78 is 8.06. The molecule has 6 nitrogen and oxygen atoms in total. The van der Waals surface area contributed by atoms with Gasteiger partial charge in [0.1, 0.15) is 24.0 Å². The zero-order valence-corrected chi connectivity index (χ0v) is 14.9. The van der Waals surface area contributed by atoms with Gasteiger partial charge in [-0.2, -0.15) is 5.10 Å². The highest BCUT2D eigenvalue weighted by atomic mass is 16.5. The topological polar surface area (TPSA) is 56.1 Å². The van der Waals surface area contributed by atoms with Crippen molar-refractivity contribution in [3.05, 3.63) is 41.9 Å². The number of aromatic nitrogens is 4. The van der Waals surface area contributed by atoms with Gasteiger partial charge >= 0.3 is 0 Å². The molecule has 130 valence electrons. The molecule has 6 heteroatoms. The molecule has 0 radical (unpaired) electrons. The molecular weight excluding hydrogens is 314 g/mol. The van der Waals surface area contributed by atoms with Crippen LogP contribution in [-0.2, 0) is 7.05 Å². The van der Waals surface area contributed by atoms with Gasteiger partial charge in [0.2, 0.25) is 0 Å². The summed E-state index contributed by atoms with van der Waals surface area (Å²) in [6, 6.07) is 6.25. The minimum atomic E-state index is 0.253. The summed E-state index contributed by atoms with van der Waals surface area (Å²) in [6.45, 7) is 6.10. The van der Waals surface area contributed by atoms with Gasteiger partial charge in [0.05, 0.1) is 11.6 Å². The van der Waals surface area contributed by atoms with E-state index in [1.54, 1.807) is 11.0 Å². The minimum Gasteiger partial charge on any atom is -0.490 e. The third kappa shape index (κ3) is 2.92. The van der Waals surface area contributed by atoms with Gasteiger partial charge in [0.25, 0.3) is 0 Å². The van der Waals surface area contributed by atoms with Crippen molar-refractivity contribution >= 4 is 16.9 Å². The van der Waals surface area contributed by atoms with E-state index in [9.17, 15) is 0 Å². The van der Waals surface area contributed by atoms with E-state index in [1.165, 1.54) is 11.1 Å². The van der Waals surface area contributed by atoms with E-state index in [1.807, 2.05) is 13.2 Å². The molecule has 0 unspecified atom stereocenters. The van der Waals surface area contributed by atoms with Gasteiger partial charge in [-0.25, -0.2) is 9.97 Å². The maximum absolute atomic E-state index is 6.27. The van der Waals surface area contributed by atoms with Crippen LogP contribution < -0.4 is 9.64 Å². The first kappa shape index (κ1) is 15.9. The number of piperidine rings is 1. The fourth-order valence-corrected chi connectivity index (χ4v) is 3.42. The van der Waals surface area contributed by atoms with Crippen LogP contribution in [0, 0.1) is 13.8 Å². The summed E-state index contributed by atoms with van der Waals surface area (Å²) in [6.07, 6.45) is 5.70. The van der Waals surface area contributed by atoms with Gasteiger partial charge in [0.15, 0.2) is 5.65 Å². The van der Waals surface area contributed by atoms with Crippen molar-refractivity contribution in [2.45, 2.75) is 32.8 Å². The molecule has 3 heterocycles. The van der Waals surface area contributed by atoms with Crippen molar-refractivity contribution in [1.82, 2.24) is 19.7 Å². The smallest absolute Gasteiger partial charge is 0.163 e. The molecule has 0 amide bonds. The van der Waals surface area contributed by atoms with E-state index in [2.05, 4.69) is 52.0 Å². The molecule has 2 aromatic heterocycles. The Bertz CT molecular complexity index is 896. The maximum Gasteiger partial charge on any atom is 0.163 e. The van der Waals surface area contributed by atoms with Crippen molar-refractivity contribution in [2.24, 2.45) is 7.05 Å². The first-order valence-electron chi connectivity index (χ1n) is 8.74. The first-order valence-corrected chi connectivity index (χ1v) is 8.74. The predicted molar refractivity (Wildman–Crippen MR) is 98.1 cm³/mol. The Morgan fingerprint density at radius 1 is 1.12 bits per heavy atom.